The fourth-order valence-electron chi connectivity index (χ4n) is 2.70. The Morgan fingerprint density at radius 1 is 1.10 bits per heavy atom. The molecule has 0 bridgehead atoms. The Morgan fingerprint density at radius 2 is 1.75 bits per heavy atom. The first-order valence-corrected chi connectivity index (χ1v) is 7.94. The van der Waals surface area contributed by atoms with Gasteiger partial charge in [0.25, 0.3) is 0 Å². The number of nitrogens with two attached hydrogens (primary N) is 1. The lowest BCUT2D eigenvalue weighted by molar-refractivity contribution is -0.946. The monoisotopic (exact) mass is 278 g/mol. The van der Waals surface area contributed by atoms with Crippen molar-refractivity contribution in [1.29, 1.82) is 0 Å². The number of ether oxygens (including phenoxy) is 1. The van der Waals surface area contributed by atoms with Crippen LogP contribution in [0.1, 0.15) is 32.8 Å². The van der Waals surface area contributed by atoms with Crippen molar-refractivity contribution in [3.63, 3.8) is 0 Å². The van der Waals surface area contributed by atoms with Crippen LogP contribution in [0.3, 0.4) is 0 Å². The van der Waals surface area contributed by atoms with Crippen molar-refractivity contribution in [2.45, 2.75) is 32.6 Å². The second-order valence-corrected chi connectivity index (χ2v) is 6.84. The maximum absolute atomic E-state index is 5.84. The minimum atomic E-state index is 0.215. The number of rotatable bonds is 5. The van der Waals surface area contributed by atoms with E-state index in [2.05, 4.69) is 50.4 Å². The van der Waals surface area contributed by atoms with E-state index in [1.165, 1.54) is 38.3 Å². The average molecular weight is 278 g/mol. The Labute approximate surface area is 123 Å². The van der Waals surface area contributed by atoms with Gasteiger partial charge in [-0.15, -0.1) is 0 Å². The summed E-state index contributed by atoms with van der Waals surface area (Å²) >= 11 is 0. The Kier molecular flexibility index (Phi) is 5.44. The summed E-state index contributed by atoms with van der Waals surface area (Å²) in [5.74, 6) is 1.000. The molecule has 1 fully saturated rings. The summed E-state index contributed by atoms with van der Waals surface area (Å²) in [5.41, 5.74) is 1.58. The zero-order valence-corrected chi connectivity index (χ0v) is 13.2. The van der Waals surface area contributed by atoms with E-state index in [1.54, 1.807) is 4.90 Å². The first-order chi connectivity index (χ1) is 9.55. The van der Waals surface area contributed by atoms with E-state index >= 15 is 0 Å². The molecule has 1 aliphatic heterocycles. The summed E-state index contributed by atoms with van der Waals surface area (Å²) in [4.78, 5) is 1.74. The van der Waals surface area contributed by atoms with Crippen molar-refractivity contribution in [2.24, 2.45) is 0 Å². The van der Waals surface area contributed by atoms with Crippen LogP contribution in [0.15, 0.2) is 24.3 Å². The number of hydrogen-bond donors (Lipinski definition) is 2. The van der Waals surface area contributed by atoms with Crippen molar-refractivity contribution in [2.75, 3.05) is 39.3 Å². The second-order valence-electron chi connectivity index (χ2n) is 6.84. The van der Waals surface area contributed by atoms with Crippen LogP contribution in [0, 0.1) is 0 Å². The van der Waals surface area contributed by atoms with Gasteiger partial charge in [-0.05, 0) is 23.1 Å². The Hall–Kier alpha value is -1.06. The van der Waals surface area contributed by atoms with Gasteiger partial charge in [0.15, 0.2) is 0 Å². The van der Waals surface area contributed by atoms with Crippen LogP contribution in [-0.4, -0.2) is 39.3 Å². The third kappa shape index (κ3) is 4.80. The predicted octanol–water partition coefficient (Wildman–Crippen LogP) is 0.215. The second kappa shape index (κ2) is 7.09. The maximum Gasteiger partial charge on any atom is 0.127 e. The third-order valence-corrected chi connectivity index (χ3v) is 4.07. The molecule has 1 aromatic rings. The highest BCUT2D eigenvalue weighted by Crippen LogP contribution is 2.24. The minimum Gasteiger partial charge on any atom is -0.493 e. The van der Waals surface area contributed by atoms with E-state index in [1.807, 2.05) is 0 Å². The molecule has 0 aromatic heterocycles. The number of hydrogen-bond acceptors (Lipinski definition) is 1. The van der Waals surface area contributed by atoms with Crippen LogP contribution in [0.5, 0.6) is 5.75 Å². The van der Waals surface area contributed by atoms with Crippen molar-refractivity contribution in [1.82, 2.24) is 0 Å². The molecule has 112 valence electrons. The van der Waals surface area contributed by atoms with Crippen LogP contribution in [-0.2, 0) is 5.41 Å². The first kappa shape index (κ1) is 15.3. The summed E-state index contributed by atoms with van der Waals surface area (Å²) in [5, 5.41) is 2.41. The van der Waals surface area contributed by atoms with Gasteiger partial charge < -0.3 is 15.0 Å². The molecule has 1 saturated heterocycles. The Balaban J connectivity index is 1.68. The topological polar surface area (TPSA) is 30.3 Å². The van der Waals surface area contributed by atoms with E-state index in [9.17, 15) is 0 Å². The third-order valence-electron chi connectivity index (χ3n) is 4.07. The van der Waals surface area contributed by atoms with Gasteiger partial charge in [-0.2, -0.15) is 0 Å². The molecule has 1 aromatic carbocycles. The highest BCUT2D eigenvalue weighted by Gasteiger charge is 2.15. The van der Waals surface area contributed by atoms with Crippen LogP contribution < -0.4 is 15.0 Å². The van der Waals surface area contributed by atoms with Gasteiger partial charge in [0.05, 0.1) is 13.2 Å². The van der Waals surface area contributed by atoms with Crippen molar-refractivity contribution < 1.29 is 15.0 Å². The first-order valence-electron chi connectivity index (χ1n) is 7.94. The summed E-state index contributed by atoms with van der Waals surface area (Å²) in [6.07, 6.45) is 1.15. The molecular weight excluding hydrogens is 248 g/mol. The molecule has 2 rings (SSSR count). The number of quaternary nitrogens is 2. The molecule has 3 nitrogen and oxygen atoms in total. The molecule has 1 aliphatic rings. The minimum absolute atomic E-state index is 0.215. The summed E-state index contributed by atoms with van der Waals surface area (Å²) in [7, 11) is 0. The Morgan fingerprint density at radius 3 is 2.35 bits per heavy atom. The standard InChI is InChI=1S/C17H28N2O/c1-17(2,3)15-5-7-16(8-6-15)20-14-4-11-19-12-9-18-10-13-19/h5-8,18H,4,9-14H2,1-3H3/p+2. The molecule has 0 amide bonds. The van der Waals surface area contributed by atoms with E-state index in [0.717, 1.165) is 18.8 Å². The van der Waals surface area contributed by atoms with Crippen LogP contribution in [0.4, 0.5) is 0 Å². The quantitative estimate of drug-likeness (QED) is 0.741. The molecule has 0 saturated carbocycles. The lowest BCUT2D eigenvalue weighted by Gasteiger charge is -2.22. The van der Waals surface area contributed by atoms with E-state index in [-0.39, 0.29) is 5.41 Å². The van der Waals surface area contributed by atoms with Gasteiger partial charge >= 0.3 is 0 Å². The lowest BCUT2D eigenvalue weighted by atomic mass is 9.87. The zero-order valence-electron chi connectivity index (χ0n) is 13.2. The van der Waals surface area contributed by atoms with Crippen molar-refractivity contribution >= 4 is 0 Å². The fraction of sp³-hybridized carbons (Fsp3) is 0.647. The molecule has 0 radical (unpaired) electrons. The molecule has 0 aliphatic carbocycles. The average Bonchev–Trinajstić information content (AvgIpc) is 2.44. The normalized spacial score (nSPS) is 17.1. The van der Waals surface area contributed by atoms with Gasteiger partial charge in [0.1, 0.15) is 31.9 Å². The SMILES string of the molecule is CC(C)(C)c1ccc(OCCC[NH+]2CC[NH2+]CC2)cc1. The van der Waals surface area contributed by atoms with Crippen LogP contribution in [0.25, 0.3) is 0 Å². The van der Waals surface area contributed by atoms with Crippen molar-refractivity contribution in [3.8, 4) is 5.75 Å². The highest BCUT2D eigenvalue weighted by atomic mass is 16.5. The van der Waals surface area contributed by atoms with E-state index in [4.69, 9.17) is 4.74 Å². The van der Waals surface area contributed by atoms with Gasteiger partial charge in [0.2, 0.25) is 0 Å². The molecule has 3 N–H and O–H groups in total. The summed E-state index contributed by atoms with van der Waals surface area (Å²) in [6, 6.07) is 8.56. The van der Waals surface area contributed by atoms with Crippen molar-refractivity contribution in [3.05, 3.63) is 29.8 Å². The van der Waals surface area contributed by atoms with E-state index < -0.39 is 0 Å². The van der Waals surface area contributed by atoms with Crippen LogP contribution in [0.2, 0.25) is 0 Å². The Bertz CT molecular complexity index is 388. The van der Waals surface area contributed by atoms with Crippen LogP contribution >= 0.6 is 0 Å². The number of nitrogens with one attached hydrogen (secondary N) is 1. The number of benzene rings is 1. The largest absolute Gasteiger partial charge is 0.493 e. The zero-order chi connectivity index (χ0) is 14.4. The fourth-order valence-corrected chi connectivity index (χ4v) is 2.70. The molecule has 3 heteroatoms. The summed E-state index contributed by atoms with van der Waals surface area (Å²) in [6.45, 7) is 14.0. The molecular formula is C17H30N2O+2. The van der Waals surface area contributed by atoms with Gasteiger partial charge in [-0.25, -0.2) is 0 Å². The molecule has 0 spiro atoms. The van der Waals surface area contributed by atoms with Gasteiger partial charge in [-0.3, -0.25) is 0 Å². The lowest BCUT2D eigenvalue weighted by Crippen LogP contribution is -3.20. The maximum atomic E-state index is 5.84. The van der Waals surface area contributed by atoms with Gasteiger partial charge in [-0.1, -0.05) is 32.9 Å². The van der Waals surface area contributed by atoms with Gasteiger partial charge in [0, 0.05) is 6.42 Å². The number of piperazine rings is 1. The molecule has 1 heterocycles. The predicted molar refractivity (Wildman–Crippen MR) is 82.5 cm³/mol. The van der Waals surface area contributed by atoms with E-state index in [0.29, 0.717) is 0 Å². The smallest absolute Gasteiger partial charge is 0.127 e. The highest BCUT2D eigenvalue weighted by molar-refractivity contribution is 5.31. The molecule has 0 unspecified atom stereocenters. The molecule has 0 atom stereocenters. The molecule has 20 heavy (non-hydrogen) atoms. The summed E-state index contributed by atoms with van der Waals surface area (Å²) < 4.78 is 5.84.